The summed E-state index contributed by atoms with van der Waals surface area (Å²) < 4.78 is 31.3. The van der Waals surface area contributed by atoms with Crippen LogP contribution in [0.3, 0.4) is 0 Å². The highest BCUT2D eigenvalue weighted by Crippen LogP contribution is 2.23. The lowest BCUT2D eigenvalue weighted by Gasteiger charge is -2.34. The zero-order valence-electron chi connectivity index (χ0n) is 9.91. The second-order valence-electron chi connectivity index (χ2n) is 4.22. The van der Waals surface area contributed by atoms with Crippen LogP contribution in [0, 0.1) is 0 Å². The second kappa shape index (κ2) is 4.84. The van der Waals surface area contributed by atoms with Gasteiger partial charge in [-0.15, -0.1) is 0 Å². The van der Waals surface area contributed by atoms with E-state index >= 15 is 0 Å². The van der Waals surface area contributed by atoms with Crippen LogP contribution in [0.4, 0.5) is 5.82 Å². The number of aliphatic hydroxyl groups is 1. The Kier molecular flexibility index (Phi) is 3.57. The molecule has 1 aromatic rings. The summed E-state index contributed by atoms with van der Waals surface area (Å²) in [6.07, 6.45) is 0.383. The minimum absolute atomic E-state index is 0.00898. The van der Waals surface area contributed by atoms with Crippen LogP contribution in [0.5, 0.6) is 0 Å². The molecular weight excluding hydrogens is 260 g/mol. The molecule has 9 heteroatoms. The van der Waals surface area contributed by atoms with Gasteiger partial charge in [0.15, 0.2) is 0 Å². The molecule has 2 rings (SSSR count). The summed E-state index contributed by atoms with van der Waals surface area (Å²) in [4.78, 5) is -0.0479. The number of nitrogens with zero attached hydrogens (tertiary/aromatic N) is 2. The van der Waals surface area contributed by atoms with Crippen molar-refractivity contribution in [3.8, 4) is 0 Å². The fraction of sp³-hybridized carbons (Fsp3) is 0.667. The van der Waals surface area contributed by atoms with Crippen LogP contribution in [0.25, 0.3) is 0 Å². The number of rotatable bonds is 3. The number of aromatic amines is 1. The lowest BCUT2D eigenvalue weighted by Crippen LogP contribution is -2.50. The van der Waals surface area contributed by atoms with Crippen molar-refractivity contribution < 1.29 is 18.3 Å². The van der Waals surface area contributed by atoms with Crippen molar-refractivity contribution in [1.29, 1.82) is 0 Å². The van der Waals surface area contributed by atoms with Crippen LogP contribution < -0.4 is 5.73 Å². The third-order valence-electron chi connectivity index (χ3n) is 2.75. The highest BCUT2D eigenvalue weighted by Gasteiger charge is 2.35. The maximum absolute atomic E-state index is 12.3. The van der Waals surface area contributed by atoms with Gasteiger partial charge in [0.05, 0.1) is 25.0 Å². The molecule has 2 atom stereocenters. The molecule has 0 bridgehead atoms. The van der Waals surface area contributed by atoms with Gasteiger partial charge in [0, 0.05) is 13.1 Å². The Morgan fingerprint density at radius 1 is 1.67 bits per heavy atom. The van der Waals surface area contributed by atoms with E-state index in [1.165, 1.54) is 10.5 Å². The van der Waals surface area contributed by atoms with Crippen LogP contribution in [-0.2, 0) is 14.8 Å². The summed E-state index contributed by atoms with van der Waals surface area (Å²) in [6, 6.07) is 0. The van der Waals surface area contributed by atoms with Gasteiger partial charge in [-0.2, -0.15) is 9.40 Å². The molecule has 0 saturated carbocycles. The number of hydrogen-bond acceptors (Lipinski definition) is 6. The molecule has 1 aliphatic heterocycles. The Bertz CT molecular complexity index is 514. The average molecular weight is 276 g/mol. The fourth-order valence-electron chi connectivity index (χ4n) is 1.93. The topological polar surface area (TPSA) is 122 Å². The van der Waals surface area contributed by atoms with E-state index in [1.807, 2.05) is 0 Å². The van der Waals surface area contributed by atoms with Gasteiger partial charge in [0.25, 0.3) is 0 Å². The molecular formula is C9H16N4O4S. The van der Waals surface area contributed by atoms with Gasteiger partial charge in [-0.3, -0.25) is 5.10 Å². The van der Waals surface area contributed by atoms with E-state index < -0.39 is 16.1 Å². The molecule has 1 saturated heterocycles. The van der Waals surface area contributed by atoms with Gasteiger partial charge in [-0.25, -0.2) is 8.42 Å². The maximum Gasteiger partial charge on any atom is 0.248 e. The standard InChI is InChI=1S/C9H16N4O4S/c1-6-3-13(4-7(5-14)17-6)18(15,16)8-2-11-12-9(8)10/h2,6-7,14H,3-5H2,1H3,(H3,10,11,12). The van der Waals surface area contributed by atoms with Gasteiger partial charge < -0.3 is 15.6 Å². The molecule has 2 unspecified atom stereocenters. The fourth-order valence-corrected chi connectivity index (χ4v) is 3.49. The largest absolute Gasteiger partial charge is 0.394 e. The minimum Gasteiger partial charge on any atom is -0.394 e. The van der Waals surface area contributed by atoms with Crippen molar-refractivity contribution in [1.82, 2.24) is 14.5 Å². The quantitative estimate of drug-likeness (QED) is 0.635. The van der Waals surface area contributed by atoms with Gasteiger partial charge in [0.1, 0.15) is 10.7 Å². The first kappa shape index (κ1) is 13.3. The third-order valence-corrected chi connectivity index (χ3v) is 4.61. The van der Waals surface area contributed by atoms with E-state index in [1.54, 1.807) is 6.92 Å². The summed E-state index contributed by atoms with van der Waals surface area (Å²) in [5.41, 5.74) is 5.53. The monoisotopic (exact) mass is 276 g/mol. The molecule has 0 aliphatic carbocycles. The van der Waals surface area contributed by atoms with Crippen LogP contribution in [0.2, 0.25) is 0 Å². The van der Waals surface area contributed by atoms with Crippen LogP contribution >= 0.6 is 0 Å². The number of aromatic nitrogens is 2. The summed E-state index contributed by atoms with van der Waals surface area (Å²) in [5, 5.41) is 15.1. The Morgan fingerprint density at radius 3 is 2.94 bits per heavy atom. The molecule has 4 N–H and O–H groups in total. The number of nitrogens with one attached hydrogen (secondary N) is 1. The van der Waals surface area contributed by atoms with Crippen molar-refractivity contribution in [2.75, 3.05) is 25.4 Å². The molecule has 0 aromatic carbocycles. The number of nitrogens with two attached hydrogens (primary N) is 1. The molecule has 18 heavy (non-hydrogen) atoms. The molecule has 0 spiro atoms. The number of sulfonamides is 1. The summed E-state index contributed by atoms with van der Waals surface area (Å²) >= 11 is 0. The zero-order valence-corrected chi connectivity index (χ0v) is 10.7. The SMILES string of the molecule is CC1CN(S(=O)(=O)c2cn[nH]c2N)CC(CO)O1. The molecule has 8 nitrogen and oxygen atoms in total. The normalized spacial score (nSPS) is 26.3. The average Bonchev–Trinajstić information content (AvgIpc) is 2.75. The number of hydrogen-bond donors (Lipinski definition) is 3. The molecule has 102 valence electrons. The summed E-state index contributed by atoms with van der Waals surface area (Å²) in [6.45, 7) is 1.86. The number of morpholine rings is 1. The molecule has 1 aromatic heterocycles. The molecule has 1 fully saturated rings. The van der Waals surface area contributed by atoms with Gasteiger partial charge in [0.2, 0.25) is 10.0 Å². The lowest BCUT2D eigenvalue weighted by molar-refractivity contribution is -0.0750. The van der Waals surface area contributed by atoms with Crippen LogP contribution in [-0.4, -0.2) is 59.9 Å². The Hall–Kier alpha value is -1.16. The van der Waals surface area contributed by atoms with Crippen molar-refractivity contribution >= 4 is 15.8 Å². The number of anilines is 1. The van der Waals surface area contributed by atoms with E-state index in [2.05, 4.69) is 10.2 Å². The summed E-state index contributed by atoms with van der Waals surface area (Å²) in [5.74, 6) is 0.00898. The molecule has 0 amide bonds. The summed E-state index contributed by atoms with van der Waals surface area (Å²) in [7, 11) is -3.70. The van der Waals surface area contributed by atoms with E-state index in [-0.39, 0.29) is 36.5 Å². The van der Waals surface area contributed by atoms with E-state index in [0.717, 1.165) is 0 Å². The van der Waals surface area contributed by atoms with E-state index in [9.17, 15) is 8.42 Å². The lowest BCUT2D eigenvalue weighted by atomic mass is 10.2. The van der Waals surface area contributed by atoms with Gasteiger partial charge >= 0.3 is 0 Å². The van der Waals surface area contributed by atoms with Crippen molar-refractivity contribution in [3.05, 3.63) is 6.20 Å². The Morgan fingerprint density at radius 2 is 2.39 bits per heavy atom. The predicted molar refractivity (Wildman–Crippen MR) is 63.2 cm³/mol. The Labute approximate surface area is 105 Å². The third kappa shape index (κ3) is 2.34. The van der Waals surface area contributed by atoms with E-state index in [0.29, 0.717) is 0 Å². The smallest absolute Gasteiger partial charge is 0.248 e. The minimum atomic E-state index is -3.70. The molecule has 0 radical (unpaired) electrons. The Balaban J connectivity index is 2.28. The number of H-pyrrole nitrogens is 1. The predicted octanol–water partition coefficient (Wildman–Crippen LogP) is -1.24. The first-order valence-corrected chi connectivity index (χ1v) is 6.94. The number of ether oxygens (including phenoxy) is 1. The van der Waals surface area contributed by atoms with Crippen molar-refractivity contribution in [2.24, 2.45) is 0 Å². The molecule has 1 aliphatic rings. The van der Waals surface area contributed by atoms with Crippen LogP contribution in [0.1, 0.15) is 6.92 Å². The number of aliphatic hydroxyl groups excluding tert-OH is 1. The zero-order chi connectivity index (χ0) is 13.3. The first-order chi connectivity index (χ1) is 8.45. The second-order valence-corrected chi connectivity index (χ2v) is 6.13. The maximum atomic E-state index is 12.3. The number of nitrogen functional groups attached to an aromatic ring is 1. The first-order valence-electron chi connectivity index (χ1n) is 5.50. The van der Waals surface area contributed by atoms with Crippen molar-refractivity contribution in [2.45, 2.75) is 24.0 Å². The van der Waals surface area contributed by atoms with Crippen molar-refractivity contribution in [3.63, 3.8) is 0 Å². The van der Waals surface area contributed by atoms with Gasteiger partial charge in [-0.1, -0.05) is 0 Å². The molecule has 2 heterocycles. The van der Waals surface area contributed by atoms with Gasteiger partial charge in [-0.05, 0) is 6.92 Å². The highest BCUT2D eigenvalue weighted by atomic mass is 32.2. The van der Waals surface area contributed by atoms with Crippen LogP contribution in [0.15, 0.2) is 11.1 Å². The highest BCUT2D eigenvalue weighted by molar-refractivity contribution is 7.89. The van der Waals surface area contributed by atoms with E-state index in [4.69, 9.17) is 15.6 Å².